The molecule has 1 fully saturated rings. The molecular formula is C16H24F2IN3O2. The number of nitrogens with zero attached hydrogens (tertiary/aromatic N) is 1. The van der Waals surface area contributed by atoms with Crippen molar-refractivity contribution in [2.45, 2.75) is 31.6 Å². The highest BCUT2D eigenvalue weighted by molar-refractivity contribution is 14.0. The smallest absolute Gasteiger partial charge is 0.248 e. The number of anilines is 1. The quantitative estimate of drug-likeness (QED) is 0.402. The summed E-state index contributed by atoms with van der Waals surface area (Å²) >= 11 is 0. The maximum absolute atomic E-state index is 13.4. The highest BCUT2D eigenvalue weighted by atomic mass is 127. The van der Waals surface area contributed by atoms with Crippen molar-refractivity contribution in [3.05, 3.63) is 18.2 Å². The molecule has 1 aromatic carbocycles. The highest BCUT2D eigenvalue weighted by Gasteiger charge is 2.35. The van der Waals surface area contributed by atoms with Crippen LogP contribution in [-0.4, -0.2) is 32.6 Å². The van der Waals surface area contributed by atoms with Gasteiger partial charge in [0.25, 0.3) is 0 Å². The van der Waals surface area contributed by atoms with E-state index in [1.807, 2.05) is 0 Å². The van der Waals surface area contributed by atoms with E-state index in [0.29, 0.717) is 30.2 Å². The molecule has 2 rings (SSSR count). The van der Waals surface area contributed by atoms with Gasteiger partial charge in [-0.25, -0.2) is 8.78 Å². The summed E-state index contributed by atoms with van der Waals surface area (Å²) < 4.78 is 37.2. The van der Waals surface area contributed by atoms with E-state index in [4.69, 9.17) is 15.2 Å². The fourth-order valence-corrected chi connectivity index (χ4v) is 2.75. The molecule has 1 aliphatic carbocycles. The Balaban J connectivity index is 0.00000288. The number of benzene rings is 1. The van der Waals surface area contributed by atoms with E-state index in [1.165, 1.54) is 0 Å². The number of ether oxygens (including phenoxy) is 2. The molecule has 5 nitrogen and oxygen atoms in total. The minimum absolute atomic E-state index is 0. The molecule has 0 amide bonds. The van der Waals surface area contributed by atoms with Crippen LogP contribution in [0.5, 0.6) is 11.5 Å². The minimum atomic E-state index is -2.57. The van der Waals surface area contributed by atoms with Crippen molar-refractivity contribution in [1.82, 2.24) is 0 Å². The van der Waals surface area contributed by atoms with Gasteiger partial charge in [0, 0.05) is 25.5 Å². The molecule has 0 saturated heterocycles. The third-order valence-corrected chi connectivity index (χ3v) is 3.93. The van der Waals surface area contributed by atoms with Crippen LogP contribution in [0.2, 0.25) is 0 Å². The Hall–Kier alpha value is -1.32. The summed E-state index contributed by atoms with van der Waals surface area (Å²) in [5, 5.41) is 2.93. The van der Waals surface area contributed by atoms with Crippen molar-refractivity contribution in [2.24, 2.45) is 16.6 Å². The molecule has 0 radical (unpaired) electrons. The van der Waals surface area contributed by atoms with Gasteiger partial charge in [0.2, 0.25) is 5.92 Å². The van der Waals surface area contributed by atoms with Crippen LogP contribution < -0.4 is 20.5 Å². The topological polar surface area (TPSA) is 68.9 Å². The van der Waals surface area contributed by atoms with Crippen LogP contribution in [0.25, 0.3) is 0 Å². The summed E-state index contributed by atoms with van der Waals surface area (Å²) in [6, 6.07) is 5.24. The molecule has 1 aliphatic rings. The number of halogens is 3. The molecular weight excluding hydrogens is 431 g/mol. The van der Waals surface area contributed by atoms with Gasteiger partial charge in [0.05, 0.1) is 19.9 Å². The molecule has 3 N–H and O–H groups in total. The van der Waals surface area contributed by atoms with E-state index in [2.05, 4.69) is 10.3 Å². The van der Waals surface area contributed by atoms with Crippen LogP contribution in [0, 0.1) is 5.92 Å². The normalized spacial score (nSPS) is 20.0. The van der Waals surface area contributed by atoms with Crippen molar-refractivity contribution in [2.75, 3.05) is 26.1 Å². The zero-order chi connectivity index (χ0) is 16.9. The summed E-state index contributed by atoms with van der Waals surface area (Å²) in [5.74, 6) is -1.30. The SMILES string of the molecule is COc1ccc(OC)c(NC(N)=NCC2CCCC(F)(F)C2)c1.I. The van der Waals surface area contributed by atoms with Crippen LogP contribution in [0.15, 0.2) is 23.2 Å². The summed E-state index contributed by atoms with van der Waals surface area (Å²) in [6.45, 7) is 0.292. The van der Waals surface area contributed by atoms with E-state index in [0.717, 1.165) is 6.42 Å². The van der Waals surface area contributed by atoms with E-state index < -0.39 is 5.92 Å². The zero-order valence-corrected chi connectivity index (χ0v) is 16.2. The molecule has 0 aromatic heterocycles. The number of hydrogen-bond donors (Lipinski definition) is 2. The second-order valence-corrected chi connectivity index (χ2v) is 5.74. The van der Waals surface area contributed by atoms with Gasteiger partial charge in [0.15, 0.2) is 5.96 Å². The lowest BCUT2D eigenvalue weighted by Crippen LogP contribution is -2.29. The fraction of sp³-hybridized carbons (Fsp3) is 0.562. The van der Waals surface area contributed by atoms with Crippen molar-refractivity contribution >= 4 is 35.6 Å². The fourth-order valence-electron chi connectivity index (χ4n) is 2.75. The number of guanidine groups is 1. The Bertz CT molecular complexity index is 570. The number of nitrogens with one attached hydrogen (secondary N) is 1. The van der Waals surface area contributed by atoms with Gasteiger partial charge in [-0.15, -0.1) is 24.0 Å². The number of methoxy groups -OCH3 is 2. The first kappa shape index (κ1) is 20.7. The van der Waals surface area contributed by atoms with E-state index in [1.54, 1.807) is 32.4 Å². The summed E-state index contributed by atoms with van der Waals surface area (Å²) in [5.41, 5.74) is 6.47. The van der Waals surface area contributed by atoms with Crippen LogP contribution in [0.4, 0.5) is 14.5 Å². The standard InChI is InChI=1S/C16H23F2N3O2.HI/c1-22-12-5-6-14(23-2)13(8-12)21-15(19)20-10-11-4-3-7-16(17,18)9-11;/h5-6,8,11H,3-4,7,9-10H2,1-2H3,(H3,19,20,21);1H. The molecule has 0 aliphatic heterocycles. The lowest BCUT2D eigenvalue weighted by atomic mass is 9.87. The third kappa shape index (κ3) is 5.95. The number of nitrogens with two attached hydrogens (primary N) is 1. The van der Waals surface area contributed by atoms with Crippen LogP contribution in [0.1, 0.15) is 25.7 Å². The molecule has 24 heavy (non-hydrogen) atoms. The third-order valence-electron chi connectivity index (χ3n) is 3.93. The van der Waals surface area contributed by atoms with Crippen molar-refractivity contribution < 1.29 is 18.3 Å². The molecule has 1 atom stereocenters. The molecule has 1 unspecified atom stereocenters. The molecule has 0 heterocycles. The van der Waals surface area contributed by atoms with Crippen molar-refractivity contribution in [3.63, 3.8) is 0 Å². The van der Waals surface area contributed by atoms with Gasteiger partial charge in [-0.05, 0) is 30.9 Å². The highest BCUT2D eigenvalue weighted by Crippen LogP contribution is 2.36. The average molecular weight is 455 g/mol. The van der Waals surface area contributed by atoms with E-state index in [9.17, 15) is 8.78 Å². The van der Waals surface area contributed by atoms with Gasteiger partial charge < -0.3 is 20.5 Å². The molecule has 8 heteroatoms. The van der Waals surface area contributed by atoms with Crippen LogP contribution in [-0.2, 0) is 0 Å². The predicted molar refractivity (Wildman–Crippen MR) is 102 cm³/mol. The van der Waals surface area contributed by atoms with E-state index in [-0.39, 0.29) is 48.7 Å². The Kier molecular flexibility index (Phi) is 7.98. The maximum atomic E-state index is 13.4. The maximum Gasteiger partial charge on any atom is 0.248 e. The van der Waals surface area contributed by atoms with Crippen molar-refractivity contribution in [3.8, 4) is 11.5 Å². The molecule has 0 bridgehead atoms. The van der Waals surface area contributed by atoms with Crippen LogP contribution >= 0.6 is 24.0 Å². The Labute approximate surface area is 158 Å². The summed E-state index contributed by atoms with van der Waals surface area (Å²) in [6.07, 6.45) is 1.15. The predicted octanol–water partition coefficient (Wildman–Crippen LogP) is 3.87. The van der Waals surface area contributed by atoms with Gasteiger partial charge in [0.1, 0.15) is 11.5 Å². The molecule has 0 spiro atoms. The molecule has 136 valence electrons. The lowest BCUT2D eigenvalue weighted by Gasteiger charge is -2.27. The molecule has 1 saturated carbocycles. The molecule has 1 aromatic rings. The zero-order valence-electron chi connectivity index (χ0n) is 13.9. The first-order valence-electron chi connectivity index (χ1n) is 7.60. The summed E-state index contributed by atoms with van der Waals surface area (Å²) in [4.78, 5) is 4.19. The minimum Gasteiger partial charge on any atom is -0.497 e. The first-order valence-corrected chi connectivity index (χ1v) is 7.60. The number of aliphatic imine (C=N–C) groups is 1. The van der Waals surface area contributed by atoms with Gasteiger partial charge in [-0.3, -0.25) is 4.99 Å². The largest absolute Gasteiger partial charge is 0.497 e. The van der Waals surface area contributed by atoms with Crippen LogP contribution in [0.3, 0.4) is 0 Å². The Morgan fingerprint density at radius 2 is 2.12 bits per heavy atom. The lowest BCUT2D eigenvalue weighted by molar-refractivity contribution is -0.0507. The number of rotatable bonds is 5. The Morgan fingerprint density at radius 1 is 1.38 bits per heavy atom. The number of alkyl halides is 2. The van der Waals surface area contributed by atoms with E-state index >= 15 is 0 Å². The Morgan fingerprint density at radius 3 is 2.75 bits per heavy atom. The monoisotopic (exact) mass is 455 g/mol. The number of hydrogen-bond acceptors (Lipinski definition) is 3. The van der Waals surface area contributed by atoms with Gasteiger partial charge in [-0.2, -0.15) is 0 Å². The average Bonchev–Trinajstić information content (AvgIpc) is 2.52. The first-order chi connectivity index (χ1) is 10.9. The van der Waals surface area contributed by atoms with Gasteiger partial charge >= 0.3 is 0 Å². The van der Waals surface area contributed by atoms with Crippen molar-refractivity contribution in [1.29, 1.82) is 0 Å². The second-order valence-electron chi connectivity index (χ2n) is 5.74. The van der Waals surface area contributed by atoms with Gasteiger partial charge in [-0.1, -0.05) is 0 Å². The summed E-state index contributed by atoms with van der Waals surface area (Å²) in [7, 11) is 3.11. The second kappa shape index (κ2) is 9.24.